The molecule has 0 saturated carbocycles. The van der Waals surface area contributed by atoms with Gasteiger partial charge in [0.2, 0.25) is 11.0 Å². The third-order valence-electron chi connectivity index (χ3n) is 3.31. The zero-order valence-corrected chi connectivity index (χ0v) is 16.3. The Morgan fingerprint density at radius 3 is 2.56 bits per heavy atom. The van der Waals surface area contributed by atoms with Gasteiger partial charge < -0.3 is 0 Å². The molecule has 3 rings (SSSR count). The van der Waals surface area contributed by atoms with E-state index in [1.807, 2.05) is 30.3 Å². The zero-order chi connectivity index (χ0) is 19.1. The van der Waals surface area contributed by atoms with Gasteiger partial charge in [-0.2, -0.15) is 5.10 Å². The number of nitrogens with one attached hydrogen (secondary N) is 2. The predicted molar refractivity (Wildman–Crippen MR) is 108 cm³/mol. The smallest absolute Gasteiger partial charge is 0.257 e. The molecule has 1 heterocycles. The number of halogens is 1. The normalized spacial score (nSPS) is 10.7. The van der Waals surface area contributed by atoms with Crippen molar-refractivity contribution in [3.05, 3.63) is 75.2 Å². The average Bonchev–Trinajstić information content (AvgIpc) is 3.10. The second-order valence-electron chi connectivity index (χ2n) is 5.34. The summed E-state index contributed by atoms with van der Waals surface area (Å²) in [5, 5.41) is 15.2. The predicted octanol–water partition coefficient (Wildman–Crippen LogP) is 3.25. The van der Waals surface area contributed by atoms with Crippen LogP contribution in [0.4, 0.5) is 5.13 Å². The number of hydrogen-bond donors (Lipinski definition) is 2. The van der Waals surface area contributed by atoms with Gasteiger partial charge in [-0.1, -0.05) is 57.6 Å². The maximum Gasteiger partial charge on any atom is 0.257 e. The van der Waals surface area contributed by atoms with Gasteiger partial charge in [-0.25, -0.2) is 5.43 Å². The minimum Gasteiger partial charge on any atom is -0.296 e. The number of benzene rings is 2. The molecular formula is C18H14BrN5O2S. The minimum atomic E-state index is -0.319. The molecule has 0 bridgehead atoms. The number of carbonyl (C=O) groups excluding carboxylic acids is 2. The van der Waals surface area contributed by atoms with Gasteiger partial charge in [-0.05, 0) is 29.8 Å². The summed E-state index contributed by atoms with van der Waals surface area (Å²) in [5.41, 5.74) is 3.82. The van der Waals surface area contributed by atoms with E-state index >= 15 is 0 Å². The van der Waals surface area contributed by atoms with E-state index in [2.05, 4.69) is 42.0 Å². The van der Waals surface area contributed by atoms with E-state index in [0.29, 0.717) is 15.7 Å². The fraction of sp³-hybridized carbons (Fsp3) is 0.0556. The molecule has 0 atom stereocenters. The summed E-state index contributed by atoms with van der Waals surface area (Å²) in [4.78, 5) is 24.0. The molecular weight excluding hydrogens is 430 g/mol. The van der Waals surface area contributed by atoms with E-state index in [-0.39, 0.29) is 18.2 Å². The van der Waals surface area contributed by atoms with Crippen molar-refractivity contribution in [2.24, 2.45) is 5.10 Å². The molecule has 0 fully saturated rings. The molecule has 0 saturated heterocycles. The Morgan fingerprint density at radius 1 is 1.07 bits per heavy atom. The highest BCUT2D eigenvalue weighted by molar-refractivity contribution is 9.10. The SMILES string of the molecule is O=C(Cc1nnc(NC(=O)c2ccccc2)s1)N/N=C\c1ccc(Br)cc1. The van der Waals surface area contributed by atoms with Crippen LogP contribution in [-0.4, -0.2) is 28.2 Å². The minimum absolute atomic E-state index is 0.0244. The lowest BCUT2D eigenvalue weighted by molar-refractivity contribution is -0.120. The first kappa shape index (κ1) is 18.9. The van der Waals surface area contributed by atoms with Crippen LogP contribution in [0.3, 0.4) is 0 Å². The lowest BCUT2D eigenvalue weighted by atomic mass is 10.2. The summed E-state index contributed by atoms with van der Waals surface area (Å²) in [5.74, 6) is -0.595. The van der Waals surface area contributed by atoms with Crippen molar-refractivity contribution >= 4 is 50.4 Å². The van der Waals surface area contributed by atoms with Crippen molar-refractivity contribution in [3.8, 4) is 0 Å². The summed E-state index contributed by atoms with van der Waals surface area (Å²) in [6.07, 6.45) is 1.58. The molecule has 0 spiro atoms. The summed E-state index contributed by atoms with van der Waals surface area (Å²) < 4.78 is 0.968. The van der Waals surface area contributed by atoms with Crippen LogP contribution in [0.5, 0.6) is 0 Å². The van der Waals surface area contributed by atoms with Crippen LogP contribution in [-0.2, 0) is 11.2 Å². The van der Waals surface area contributed by atoms with Crippen molar-refractivity contribution in [2.75, 3.05) is 5.32 Å². The molecule has 0 radical (unpaired) electrons. The number of rotatable bonds is 6. The Bertz CT molecular complexity index is 957. The molecule has 0 unspecified atom stereocenters. The highest BCUT2D eigenvalue weighted by atomic mass is 79.9. The van der Waals surface area contributed by atoms with Gasteiger partial charge in [-0.15, -0.1) is 10.2 Å². The molecule has 3 aromatic rings. The van der Waals surface area contributed by atoms with Gasteiger partial charge >= 0.3 is 0 Å². The van der Waals surface area contributed by atoms with Crippen LogP contribution in [0, 0.1) is 0 Å². The van der Waals surface area contributed by atoms with Crippen molar-refractivity contribution in [2.45, 2.75) is 6.42 Å². The van der Waals surface area contributed by atoms with Gasteiger partial charge in [0, 0.05) is 10.0 Å². The summed E-state index contributed by atoms with van der Waals surface area (Å²) in [7, 11) is 0. The number of hydrazone groups is 1. The quantitative estimate of drug-likeness (QED) is 0.451. The lowest BCUT2D eigenvalue weighted by Crippen LogP contribution is -2.19. The Kier molecular flexibility index (Phi) is 6.39. The molecule has 0 aliphatic rings. The van der Waals surface area contributed by atoms with Crippen LogP contribution in [0.15, 0.2) is 64.2 Å². The third kappa shape index (κ3) is 5.80. The van der Waals surface area contributed by atoms with Crippen LogP contribution < -0.4 is 10.7 Å². The average molecular weight is 444 g/mol. The van der Waals surface area contributed by atoms with Gasteiger partial charge in [-0.3, -0.25) is 14.9 Å². The standard InChI is InChI=1S/C18H14BrN5O2S/c19-14-8-6-12(7-9-14)11-20-22-15(25)10-16-23-24-18(27-16)21-17(26)13-4-2-1-3-5-13/h1-9,11H,10H2,(H,22,25)(H,21,24,26)/b20-11-. The third-order valence-corrected chi connectivity index (χ3v) is 4.68. The number of nitrogens with zero attached hydrogens (tertiary/aromatic N) is 3. The molecule has 27 heavy (non-hydrogen) atoms. The molecule has 0 aliphatic carbocycles. The maximum absolute atomic E-state index is 12.1. The fourth-order valence-corrected chi connectivity index (χ4v) is 3.04. The highest BCUT2D eigenvalue weighted by Gasteiger charge is 2.12. The van der Waals surface area contributed by atoms with Gasteiger partial charge in [0.25, 0.3) is 5.91 Å². The molecule has 2 aromatic carbocycles. The second-order valence-corrected chi connectivity index (χ2v) is 7.32. The number of anilines is 1. The first-order chi connectivity index (χ1) is 13.1. The monoisotopic (exact) mass is 443 g/mol. The molecule has 0 aliphatic heterocycles. The van der Waals surface area contributed by atoms with Gasteiger partial charge in [0.15, 0.2) is 0 Å². The van der Waals surface area contributed by atoms with Crippen molar-refractivity contribution in [1.29, 1.82) is 0 Å². The number of hydrogen-bond acceptors (Lipinski definition) is 6. The molecule has 7 nitrogen and oxygen atoms in total. The van der Waals surface area contributed by atoms with E-state index < -0.39 is 0 Å². The van der Waals surface area contributed by atoms with E-state index in [0.717, 1.165) is 21.4 Å². The van der Waals surface area contributed by atoms with Gasteiger partial charge in [0.05, 0.1) is 12.6 Å². The maximum atomic E-state index is 12.1. The highest BCUT2D eigenvalue weighted by Crippen LogP contribution is 2.16. The summed E-state index contributed by atoms with van der Waals surface area (Å²) >= 11 is 4.50. The molecule has 1 aromatic heterocycles. The Morgan fingerprint density at radius 2 is 1.81 bits per heavy atom. The topological polar surface area (TPSA) is 96.3 Å². The van der Waals surface area contributed by atoms with E-state index in [1.165, 1.54) is 0 Å². The Hall–Kier alpha value is -2.91. The second kappa shape index (κ2) is 9.15. The summed E-state index contributed by atoms with van der Waals surface area (Å²) in [6.45, 7) is 0. The van der Waals surface area contributed by atoms with Crippen LogP contribution in [0.2, 0.25) is 0 Å². The van der Waals surface area contributed by atoms with Crippen molar-refractivity contribution in [3.63, 3.8) is 0 Å². The van der Waals surface area contributed by atoms with E-state index in [1.54, 1.807) is 30.5 Å². The largest absolute Gasteiger partial charge is 0.296 e. The first-order valence-electron chi connectivity index (χ1n) is 7.86. The lowest BCUT2D eigenvalue weighted by Gasteiger charge is -1.99. The Balaban J connectivity index is 1.50. The molecule has 2 N–H and O–H groups in total. The molecule has 9 heteroatoms. The summed E-state index contributed by atoms with van der Waals surface area (Å²) in [6, 6.07) is 16.3. The number of amides is 2. The number of carbonyl (C=O) groups is 2. The molecule has 136 valence electrons. The zero-order valence-electron chi connectivity index (χ0n) is 13.9. The van der Waals surface area contributed by atoms with Crippen LogP contribution in [0.25, 0.3) is 0 Å². The van der Waals surface area contributed by atoms with Crippen LogP contribution in [0.1, 0.15) is 20.9 Å². The Labute approximate surface area is 167 Å². The van der Waals surface area contributed by atoms with Crippen LogP contribution >= 0.6 is 27.3 Å². The van der Waals surface area contributed by atoms with Gasteiger partial charge in [0.1, 0.15) is 5.01 Å². The fourth-order valence-electron chi connectivity index (χ4n) is 2.04. The first-order valence-corrected chi connectivity index (χ1v) is 9.47. The molecule has 2 amide bonds. The van der Waals surface area contributed by atoms with E-state index in [9.17, 15) is 9.59 Å². The van der Waals surface area contributed by atoms with Crippen molar-refractivity contribution in [1.82, 2.24) is 15.6 Å². The van der Waals surface area contributed by atoms with E-state index in [4.69, 9.17) is 0 Å². The van der Waals surface area contributed by atoms with Crippen molar-refractivity contribution < 1.29 is 9.59 Å². The number of aromatic nitrogens is 2.